The Morgan fingerprint density at radius 1 is 1.33 bits per heavy atom. The van der Waals surface area contributed by atoms with Crippen molar-refractivity contribution in [3.63, 3.8) is 0 Å². The van der Waals surface area contributed by atoms with E-state index in [1.165, 1.54) is 19.3 Å². The van der Waals surface area contributed by atoms with Gasteiger partial charge in [0.25, 0.3) is 0 Å². The van der Waals surface area contributed by atoms with Crippen molar-refractivity contribution in [1.29, 1.82) is 0 Å². The quantitative estimate of drug-likeness (QED) is 0.512. The lowest BCUT2D eigenvalue weighted by Crippen LogP contribution is -2.53. The Bertz CT molecular complexity index is 101. The van der Waals surface area contributed by atoms with Gasteiger partial charge in [-0.25, -0.2) is 0 Å². The van der Waals surface area contributed by atoms with E-state index < -0.39 is 0 Å². The van der Waals surface area contributed by atoms with Crippen molar-refractivity contribution < 1.29 is 4.74 Å². The van der Waals surface area contributed by atoms with E-state index in [0.717, 1.165) is 19.7 Å². The predicted molar refractivity (Wildman–Crippen MR) is 35.4 cm³/mol. The Hall–Kier alpha value is -0.0800. The molecule has 1 aliphatic carbocycles. The molecule has 1 heterocycles. The molecular weight excluding hydrogens is 114 g/mol. The third-order valence-electron chi connectivity index (χ3n) is 2.40. The highest BCUT2D eigenvalue weighted by Crippen LogP contribution is 2.35. The van der Waals surface area contributed by atoms with Gasteiger partial charge in [-0.2, -0.15) is 0 Å². The molecule has 2 heteroatoms. The van der Waals surface area contributed by atoms with Gasteiger partial charge in [0, 0.05) is 13.1 Å². The smallest absolute Gasteiger partial charge is 0.0807 e. The summed E-state index contributed by atoms with van der Waals surface area (Å²) in [5.74, 6) is 0. The van der Waals surface area contributed by atoms with Crippen LogP contribution in [0.4, 0.5) is 0 Å². The van der Waals surface area contributed by atoms with Gasteiger partial charge >= 0.3 is 0 Å². The van der Waals surface area contributed by atoms with Gasteiger partial charge < -0.3 is 10.1 Å². The number of ether oxygens (including phenoxy) is 1. The first-order valence-corrected chi connectivity index (χ1v) is 3.76. The molecule has 0 bridgehead atoms. The maximum absolute atomic E-state index is 5.64. The predicted octanol–water partition coefficient (Wildman–Crippen LogP) is 0.529. The first-order valence-electron chi connectivity index (χ1n) is 3.76. The van der Waals surface area contributed by atoms with Crippen LogP contribution in [0.1, 0.15) is 19.3 Å². The average Bonchev–Trinajstić information content (AvgIpc) is 1.87. The summed E-state index contributed by atoms with van der Waals surface area (Å²) in [6.45, 7) is 3.05. The molecule has 0 radical (unpaired) electrons. The Morgan fingerprint density at radius 3 is 2.56 bits per heavy atom. The first kappa shape index (κ1) is 5.69. The maximum atomic E-state index is 5.64. The molecule has 52 valence electrons. The minimum atomic E-state index is 0.290. The molecule has 0 amide bonds. The number of morpholine rings is 1. The Labute approximate surface area is 55.6 Å². The van der Waals surface area contributed by atoms with Crippen LogP contribution in [-0.2, 0) is 4.74 Å². The fraction of sp³-hybridized carbons (Fsp3) is 1.00. The van der Waals surface area contributed by atoms with E-state index >= 15 is 0 Å². The van der Waals surface area contributed by atoms with Gasteiger partial charge in [-0.3, -0.25) is 0 Å². The zero-order valence-corrected chi connectivity index (χ0v) is 5.65. The van der Waals surface area contributed by atoms with E-state index in [0.29, 0.717) is 0 Å². The van der Waals surface area contributed by atoms with E-state index in [1.807, 2.05) is 0 Å². The van der Waals surface area contributed by atoms with Gasteiger partial charge in [0.1, 0.15) is 0 Å². The Morgan fingerprint density at radius 2 is 2.22 bits per heavy atom. The van der Waals surface area contributed by atoms with Crippen LogP contribution in [-0.4, -0.2) is 25.3 Å². The third-order valence-corrected chi connectivity index (χ3v) is 2.40. The van der Waals surface area contributed by atoms with Gasteiger partial charge in [0.15, 0.2) is 0 Å². The van der Waals surface area contributed by atoms with Crippen molar-refractivity contribution in [3.05, 3.63) is 0 Å². The second-order valence-corrected chi connectivity index (χ2v) is 3.06. The van der Waals surface area contributed by atoms with Gasteiger partial charge in [-0.15, -0.1) is 0 Å². The van der Waals surface area contributed by atoms with E-state index in [-0.39, 0.29) is 5.60 Å². The summed E-state index contributed by atoms with van der Waals surface area (Å²) in [7, 11) is 0. The Kier molecular flexibility index (Phi) is 1.24. The van der Waals surface area contributed by atoms with Crippen LogP contribution < -0.4 is 5.32 Å². The van der Waals surface area contributed by atoms with Crippen molar-refractivity contribution in [2.45, 2.75) is 24.9 Å². The summed E-state index contributed by atoms with van der Waals surface area (Å²) in [4.78, 5) is 0. The van der Waals surface area contributed by atoms with Gasteiger partial charge in [0.05, 0.1) is 12.2 Å². The van der Waals surface area contributed by atoms with Gasteiger partial charge in [-0.05, 0) is 19.3 Å². The molecule has 0 aromatic rings. The standard InChI is InChI=1S/C7H13NO/c1-2-7(3-1)6-8-4-5-9-7/h8H,1-6H2. The number of rotatable bonds is 0. The fourth-order valence-corrected chi connectivity index (χ4v) is 1.60. The number of nitrogens with one attached hydrogen (secondary N) is 1. The second kappa shape index (κ2) is 1.96. The fourth-order valence-electron chi connectivity index (χ4n) is 1.60. The third kappa shape index (κ3) is 0.864. The molecule has 0 unspecified atom stereocenters. The lowest BCUT2D eigenvalue weighted by atomic mass is 9.79. The van der Waals surface area contributed by atoms with Crippen molar-refractivity contribution in [1.82, 2.24) is 5.32 Å². The summed E-state index contributed by atoms with van der Waals surface area (Å²) in [5, 5.41) is 3.35. The number of hydrogen-bond acceptors (Lipinski definition) is 2. The summed E-state index contributed by atoms with van der Waals surface area (Å²) < 4.78 is 5.64. The lowest BCUT2D eigenvalue weighted by molar-refractivity contribution is -0.115. The van der Waals surface area contributed by atoms with E-state index in [4.69, 9.17) is 4.74 Å². The zero-order valence-electron chi connectivity index (χ0n) is 5.65. The summed E-state index contributed by atoms with van der Waals surface area (Å²) >= 11 is 0. The van der Waals surface area contributed by atoms with Crippen LogP contribution in [0, 0.1) is 0 Å². The molecule has 2 fully saturated rings. The SMILES string of the molecule is C1CC2(C1)CNCCO2. The molecule has 1 aliphatic heterocycles. The topological polar surface area (TPSA) is 21.3 Å². The zero-order chi connectivity index (χ0) is 6.16. The van der Waals surface area contributed by atoms with E-state index in [9.17, 15) is 0 Å². The van der Waals surface area contributed by atoms with E-state index in [2.05, 4.69) is 5.32 Å². The molecule has 1 N–H and O–H groups in total. The first-order chi connectivity index (χ1) is 4.41. The molecule has 0 atom stereocenters. The van der Waals surface area contributed by atoms with Gasteiger partial charge in [0.2, 0.25) is 0 Å². The molecule has 2 rings (SSSR count). The minimum Gasteiger partial charge on any atom is -0.372 e. The van der Waals surface area contributed by atoms with Crippen molar-refractivity contribution in [2.24, 2.45) is 0 Å². The monoisotopic (exact) mass is 127 g/mol. The molecular formula is C7H13NO. The van der Waals surface area contributed by atoms with Crippen molar-refractivity contribution in [2.75, 3.05) is 19.7 Å². The van der Waals surface area contributed by atoms with Crippen LogP contribution in [0.3, 0.4) is 0 Å². The van der Waals surface area contributed by atoms with Gasteiger partial charge in [-0.1, -0.05) is 0 Å². The Balaban J connectivity index is 1.93. The minimum absolute atomic E-state index is 0.290. The highest BCUT2D eigenvalue weighted by molar-refractivity contribution is 4.93. The van der Waals surface area contributed by atoms with Crippen LogP contribution in [0.25, 0.3) is 0 Å². The normalized spacial score (nSPS) is 32.0. The highest BCUT2D eigenvalue weighted by atomic mass is 16.5. The van der Waals surface area contributed by atoms with Crippen LogP contribution in [0.2, 0.25) is 0 Å². The van der Waals surface area contributed by atoms with Crippen LogP contribution >= 0.6 is 0 Å². The highest BCUT2D eigenvalue weighted by Gasteiger charge is 2.38. The van der Waals surface area contributed by atoms with Crippen LogP contribution in [0.15, 0.2) is 0 Å². The van der Waals surface area contributed by atoms with Crippen LogP contribution in [0.5, 0.6) is 0 Å². The molecule has 1 spiro atoms. The largest absolute Gasteiger partial charge is 0.372 e. The summed E-state index contributed by atoms with van der Waals surface area (Å²) in [6.07, 6.45) is 3.92. The molecule has 9 heavy (non-hydrogen) atoms. The van der Waals surface area contributed by atoms with Crippen molar-refractivity contribution >= 4 is 0 Å². The van der Waals surface area contributed by atoms with Crippen molar-refractivity contribution in [3.8, 4) is 0 Å². The summed E-state index contributed by atoms with van der Waals surface area (Å²) in [5.41, 5.74) is 0.290. The second-order valence-electron chi connectivity index (χ2n) is 3.06. The number of hydrogen-bond donors (Lipinski definition) is 1. The molecule has 1 saturated heterocycles. The molecule has 2 nitrogen and oxygen atoms in total. The molecule has 1 saturated carbocycles. The molecule has 0 aromatic carbocycles. The molecule has 0 aromatic heterocycles. The van der Waals surface area contributed by atoms with E-state index in [1.54, 1.807) is 0 Å². The lowest BCUT2D eigenvalue weighted by Gasteiger charge is -2.44. The maximum Gasteiger partial charge on any atom is 0.0807 e. The molecule has 2 aliphatic rings. The summed E-state index contributed by atoms with van der Waals surface area (Å²) in [6, 6.07) is 0. The average molecular weight is 127 g/mol.